The van der Waals surface area contributed by atoms with Crippen molar-refractivity contribution < 1.29 is 9.50 Å². The Balaban J connectivity index is 2.43. The van der Waals surface area contributed by atoms with Gasteiger partial charge in [-0.25, -0.2) is 4.39 Å². The predicted octanol–water partition coefficient (Wildman–Crippen LogP) is 2.54. The van der Waals surface area contributed by atoms with Gasteiger partial charge < -0.3 is 10.8 Å². The Kier molecular flexibility index (Phi) is 3.26. The third-order valence-corrected chi connectivity index (χ3v) is 2.60. The Hall–Kier alpha value is -1.65. The molecule has 0 radical (unpaired) electrons. The number of benzene rings is 1. The van der Waals surface area contributed by atoms with Crippen LogP contribution in [0.2, 0.25) is 5.02 Å². The molecule has 2 rings (SSSR count). The quantitative estimate of drug-likeness (QED) is 0.864. The van der Waals surface area contributed by atoms with Gasteiger partial charge in [-0.2, -0.15) is 0 Å². The van der Waals surface area contributed by atoms with Gasteiger partial charge in [-0.3, -0.25) is 4.98 Å². The molecule has 0 aliphatic heterocycles. The zero-order valence-electron chi connectivity index (χ0n) is 8.77. The largest absolute Gasteiger partial charge is 0.398 e. The van der Waals surface area contributed by atoms with Crippen molar-refractivity contribution in [3.63, 3.8) is 0 Å². The molecule has 1 atom stereocenters. The summed E-state index contributed by atoms with van der Waals surface area (Å²) in [6.45, 7) is 0. The number of nitrogen functional groups attached to an aromatic ring is 1. The number of nitrogens with zero attached hydrogens (tertiary/aromatic N) is 1. The highest BCUT2D eigenvalue weighted by Crippen LogP contribution is 2.28. The average Bonchev–Trinajstić information content (AvgIpc) is 2.27. The summed E-state index contributed by atoms with van der Waals surface area (Å²) < 4.78 is 13.2. The molecule has 5 heteroatoms. The summed E-state index contributed by atoms with van der Waals surface area (Å²) >= 11 is 5.72. The van der Waals surface area contributed by atoms with E-state index in [1.165, 1.54) is 30.6 Å². The maximum atomic E-state index is 13.2. The molecule has 0 aliphatic carbocycles. The lowest BCUT2D eigenvalue weighted by Gasteiger charge is -2.13. The van der Waals surface area contributed by atoms with E-state index in [1.54, 1.807) is 6.07 Å². The lowest BCUT2D eigenvalue weighted by atomic mass is 10.0. The monoisotopic (exact) mass is 252 g/mol. The second-order valence-electron chi connectivity index (χ2n) is 3.61. The number of aliphatic hydroxyl groups is 1. The van der Waals surface area contributed by atoms with Crippen molar-refractivity contribution in [3.05, 3.63) is 58.6 Å². The number of nitrogens with two attached hydrogens (primary N) is 1. The van der Waals surface area contributed by atoms with Gasteiger partial charge in [-0.15, -0.1) is 0 Å². The standard InChI is InChI=1S/C12H10ClFN2O/c13-8-3-7(4-9(14)5-8)12(17)10-6-16-2-1-11(10)15/h1-6,12,17H,(H2,15,16). The second kappa shape index (κ2) is 4.69. The van der Waals surface area contributed by atoms with E-state index >= 15 is 0 Å². The Morgan fingerprint density at radius 2 is 2.12 bits per heavy atom. The van der Waals surface area contributed by atoms with E-state index < -0.39 is 11.9 Å². The van der Waals surface area contributed by atoms with Crippen LogP contribution in [0.1, 0.15) is 17.2 Å². The summed E-state index contributed by atoms with van der Waals surface area (Å²) in [5, 5.41) is 10.3. The summed E-state index contributed by atoms with van der Waals surface area (Å²) in [7, 11) is 0. The van der Waals surface area contributed by atoms with E-state index in [-0.39, 0.29) is 5.02 Å². The molecule has 0 bridgehead atoms. The first-order valence-electron chi connectivity index (χ1n) is 4.91. The molecule has 0 spiro atoms. The lowest BCUT2D eigenvalue weighted by molar-refractivity contribution is 0.220. The molecule has 2 aromatic rings. The Bertz CT molecular complexity index is 528. The van der Waals surface area contributed by atoms with E-state index in [1.807, 2.05) is 0 Å². The zero-order valence-corrected chi connectivity index (χ0v) is 9.53. The molecule has 88 valence electrons. The topological polar surface area (TPSA) is 59.1 Å². The summed E-state index contributed by atoms with van der Waals surface area (Å²) in [6, 6.07) is 5.44. The maximum absolute atomic E-state index is 13.2. The van der Waals surface area contributed by atoms with Crippen LogP contribution < -0.4 is 5.73 Å². The number of hydrogen-bond acceptors (Lipinski definition) is 3. The number of aliphatic hydroxyl groups excluding tert-OH is 1. The van der Waals surface area contributed by atoms with Crippen molar-refractivity contribution in [2.75, 3.05) is 5.73 Å². The van der Waals surface area contributed by atoms with Crippen LogP contribution in [0.25, 0.3) is 0 Å². The van der Waals surface area contributed by atoms with Crippen molar-refractivity contribution in [3.8, 4) is 0 Å². The summed E-state index contributed by atoms with van der Waals surface area (Å²) in [5.41, 5.74) is 6.87. The fraction of sp³-hybridized carbons (Fsp3) is 0.0833. The molecule has 1 aromatic carbocycles. The van der Waals surface area contributed by atoms with Crippen molar-refractivity contribution in [1.29, 1.82) is 0 Å². The van der Waals surface area contributed by atoms with Gasteiger partial charge in [0.1, 0.15) is 11.9 Å². The third-order valence-electron chi connectivity index (χ3n) is 2.38. The van der Waals surface area contributed by atoms with Crippen LogP contribution in [-0.4, -0.2) is 10.1 Å². The maximum Gasteiger partial charge on any atom is 0.125 e. The van der Waals surface area contributed by atoms with Gasteiger partial charge >= 0.3 is 0 Å². The van der Waals surface area contributed by atoms with Crippen LogP contribution in [-0.2, 0) is 0 Å². The van der Waals surface area contributed by atoms with Gasteiger partial charge in [0, 0.05) is 28.7 Å². The smallest absolute Gasteiger partial charge is 0.125 e. The molecule has 1 heterocycles. The van der Waals surface area contributed by atoms with Gasteiger partial charge in [-0.1, -0.05) is 11.6 Å². The molecule has 0 fully saturated rings. The minimum atomic E-state index is -1.04. The minimum absolute atomic E-state index is 0.224. The summed E-state index contributed by atoms with van der Waals surface area (Å²) in [6.07, 6.45) is 1.92. The Morgan fingerprint density at radius 3 is 2.76 bits per heavy atom. The molecule has 0 saturated carbocycles. The van der Waals surface area contributed by atoms with Crippen molar-refractivity contribution >= 4 is 17.3 Å². The van der Waals surface area contributed by atoms with Crippen molar-refractivity contribution in [1.82, 2.24) is 4.98 Å². The molecule has 0 aliphatic rings. The highest BCUT2D eigenvalue weighted by Gasteiger charge is 2.15. The van der Waals surface area contributed by atoms with Crippen molar-refractivity contribution in [2.45, 2.75) is 6.10 Å². The molecule has 1 aromatic heterocycles. The van der Waals surface area contributed by atoms with Gasteiger partial charge in [-0.05, 0) is 29.8 Å². The SMILES string of the molecule is Nc1ccncc1C(O)c1cc(F)cc(Cl)c1. The van der Waals surface area contributed by atoms with Gasteiger partial charge in [0.05, 0.1) is 0 Å². The van der Waals surface area contributed by atoms with Crippen LogP contribution in [0.3, 0.4) is 0 Å². The fourth-order valence-corrected chi connectivity index (χ4v) is 1.79. The first-order valence-corrected chi connectivity index (χ1v) is 5.29. The first kappa shape index (κ1) is 11.8. The van der Waals surface area contributed by atoms with Crippen LogP contribution >= 0.6 is 11.6 Å². The average molecular weight is 253 g/mol. The number of anilines is 1. The third kappa shape index (κ3) is 2.54. The number of hydrogen-bond donors (Lipinski definition) is 2. The van der Waals surface area contributed by atoms with Crippen LogP contribution in [0.4, 0.5) is 10.1 Å². The molecule has 0 amide bonds. The highest BCUT2D eigenvalue weighted by atomic mass is 35.5. The van der Waals surface area contributed by atoms with Crippen molar-refractivity contribution in [2.24, 2.45) is 0 Å². The van der Waals surface area contributed by atoms with Gasteiger partial charge in [0.2, 0.25) is 0 Å². The molecule has 3 N–H and O–H groups in total. The number of pyridine rings is 1. The summed E-state index contributed by atoms with van der Waals surface area (Å²) in [5.74, 6) is -0.506. The summed E-state index contributed by atoms with van der Waals surface area (Å²) in [4.78, 5) is 3.87. The Labute approximate surface area is 103 Å². The number of rotatable bonds is 2. The van der Waals surface area contributed by atoms with Crippen LogP contribution in [0, 0.1) is 5.82 Å². The molecule has 0 saturated heterocycles. The predicted molar refractivity (Wildman–Crippen MR) is 64.1 cm³/mol. The molecular formula is C12H10ClFN2O. The van der Waals surface area contributed by atoms with E-state index in [4.69, 9.17) is 17.3 Å². The fourth-order valence-electron chi connectivity index (χ4n) is 1.56. The normalized spacial score (nSPS) is 12.4. The van der Waals surface area contributed by atoms with Gasteiger partial charge in [0.25, 0.3) is 0 Å². The molecule has 17 heavy (non-hydrogen) atoms. The molecular weight excluding hydrogens is 243 g/mol. The Morgan fingerprint density at radius 1 is 1.35 bits per heavy atom. The van der Waals surface area contributed by atoms with E-state index in [0.29, 0.717) is 16.8 Å². The van der Waals surface area contributed by atoms with Crippen LogP contribution in [0.15, 0.2) is 36.7 Å². The first-order chi connectivity index (χ1) is 8.08. The lowest BCUT2D eigenvalue weighted by Crippen LogP contribution is -2.04. The molecule has 1 unspecified atom stereocenters. The van der Waals surface area contributed by atoms with E-state index in [0.717, 1.165) is 0 Å². The molecule has 3 nitrogen and oxygen atoms in total. The highest BCUT2D eigenvalue weighted by molar-refractivity contribution is 6.30. The van der Waals surface area contributed by atoms with Gasteiger partial charge in [0.15, 0.2) is 0 Å². The number of aromatic nitrogens is 1. The van der Waals surface area contributed by atoms with Crippen LogP contribution in [0.5, 0.6) is 0 Å². The number of halogens is 2. The van der Waals surface area contributed by atoms with E-state index in [2.05, 4.69) is 4.98 Å². The second-order valence-corrected chi connectivity index (χ2v) is 4.05. The zero-order chi connectivity index (χ0) is 12.4. The van der Waals surface area contributed by atoms with E-state index in [9.17, 15) is 9.50 Å². The minimum Gasteiger partial charge on any atom is -0.398 e.